The van der Waals surface area contributed by atoms with Crippen molar-refractivity contribution in [3.05, 3.63) is 95.4 Å². The molecule has 2 N–H and O–H groups in total. The molecule has 0 saturated carbocycles. The van der Waals surface area contributed by atoms with E-state index in [0.29, 0.717) is 34.0 Å². The summed E-state index contributed by atoms with van der Waals surface area (Å²) in [6, 6.07) is 20.5. The lowest BCUT2D eigenvalue weighted by atomic mass is 10.1. The van der Waals surface area contributed by atoms with E-state index in [1.807, 2.05) is 38.1 Å². The summed E-state index contributed by atoms with van der Waals surface area (Å²) in [6.07, 6.45) is 0. The maximum absolute atomic E-state index is 13.4. The van der Waals surface area contributed by atoms with Gasteiger partial charge in [0.25, 0.3) is 5.91 Å². The highest BCUT2D eigenvalue weighted by Crippen LogP contribution is 2.33. The first-order valence-electron chi connectivity index (χ1n) is 10.4. The largest absolute Gasteiger partial charge is 0.322 e. The molecule has 4 aromatic rings. The molecular formula is C26H23FN4O2. The van der Waals surface area contributed by atoms with Crippen LogP contribution in [0.25, 0.3) is 16.8 Å². The van der Waals surface area contributed by atoms with Gasteiger partial charge in [0.2, 0.25) is 5.91 Å². The zero-order valence-corrected chi connectivity index (χ0v) is 18.5. The van der Waals surface area contributed by atoms with Crippen LogP contribution in [-0.4, -0.2) is 21.6 Å². The number of aromatic nitrogens is 2. The first-order valence-corrected chi connectivity index (χ1v) is 10.4. The van der Waals surface area contributed by atoms with Crippen molar-refractivity contribution < 1.29 is 14.0 Å². The maximum atomic E-state index is 13.4. The molecule has 6 nitrogen and oxygen atoms in total. The van der Waals surface area contributed by atoms with Crippen LogP contribution in [0.2, 0.25) is 0 Å². The van der Waals surface area contributed by atoms with E-state index in [1.54, 1.807) is 41.1 Å². The number of amides is 2. The fraction of sp³-hybridized carbons (Fsp3) is 0.115. The van der Waals surface area contributed by atoms with E-state index in [1.165, 1.54) is 19.1 Å². The molecular weight excluding hydrogens is 419 g/mol. The third-order valence-corrected chi connectivity index (χ3v) is 5.17. The monoisotopic (exact) mass is 442 g/mol. The molecule has 1 aromatic heterocycles. The quantitative estimate of drug-likeness (QED) is 0.428. The lowest BCUT2D eigenvalue weighted by molar-refractivity contribution is -0.114. The zero-order valence-electron chi connectivity index (χ0n) is 18.5. The Hall–Kier alpha value is -4.26. The molecule has 166 valence electrons. The smallest absolute Gasteiger partial charge is 0.255 e. The van der Waals surface area contributed by atoms with Crippen molar-refractivity contribution in [3.63, 3.8) is 0 Å². The summed E-state index contributed by atoms with van der Waals surface area (Å²) < 4.78 is 15.0. The molecule has 0 unspecified atom stereocenters. The second kappa shape index (κ2) is 9.08. The minimum absolute atomic E-state index is 0.226. The predicted molar refractivity (Wildman–Crippen MR) is 127 cm³/mol. The average Bonchev–Trinajstić information content (AvgIpc) is 3.11. The summed E-state index contributed by atoms with van der Waals surface area (Å²) in [6.45, 7) is 5.22. The molecule has 0 aliphatic rings. The molecule has 0 fully saturated rings. The van der Waals surface area contributed by atoms with E-state index in [0.717, 1.165) is 11.1 Å². The fourth-order valence-electron chi connectivity index (χ4n) is 3.55. The summed E-state index contributed by atoms with van der Waals surface area (Å²) in [4.78, 5) is 24.5. The number of nitrogens with zero attached hydrogens (tertiary/aromatic N) is 2. The number of carbonyl (C=O) groups excluding carboxylic acids is 2. The van der Waals surface area contributed by atoms with Crippen molar-refractivity contribution in [3.8, 4) is 16.8 Å². The molecule has 0 spiro atoms. The predicted octanol–water partition coefficient (Wildman–Crippen LogP) is 5.51. The van der Waals surface area contributed by atoms with Gasteiger partial charge < -0.3 is 10.6 Å². The van der Waals surface area contributed by atoms with Crippen LogP contribution in [0.4, 0.5) is 15.9 Å². The number of hydrogen-bond acceptors (Lipinski definition) is 3. The highest BCUT2D eigenvalue weighted by molar-refractivity contribution is 6.04. The van der Waals surface area contributed by atoms with E-state index >= 15 is 0 Å². The Balaban J connectivity index is 1.66. The molecule has 0 bridgehead atoms. The Labute approximate surface area is 191 Å². The Morgan fingerprint density at radius 2 is 1.48 bits per heavy atom. The van der Waals surface area contributed by atoms with Crippen molar-refractivity contribution >= 4 is 23.3 Å². The second-order valence-corrected chi connectivity index (χ2v) is 7.78. The van der Waals surface area contributed by atoms with Crippen LogP contribution in [0, 0.1) is 19.7 Å². The summed E-state index contributed by atoms with van der Waals surface area (Å²) in [7, 11) is 0. The van der Waals surface area contributed by atoms with Crippen LogP contribution in [0.1, 0.15) is 28.5 Å². The molecule has 0 aliphatic carbocycles. The van der Waals surface area contributed by atoms with Crippen molar-refractivity contribution in [1.29, 1.82) is 0 Å². The van der Waals surface area contributed by atoms with Gasteiger partial charge in [-0.15, -0.1) is 0 Å². The van der Waals surface area contributed by atoms with E-state index < -0.39 is 0 Å². The fourth-order valence-corrected chi connectivity index (χ4v) is 3.55. The lowest BCUT2D eigenvalue weighted by Crippen LogP contribution is -2.13. The Morgan fingerprint density at radius 3 is 2.09 bits per heavy atom. The van der Waals surface area contributed by atoms with Crippen LogP contribution in [0.3, 0.4) is 0 Å². The number of rotatable bonds is 5. The van der Waals surface area contributed by atoms with Gasteiger partial charge in [-0.1, -0.05) is 29.8 Å². The number of benzene rings is 3. The standard InChI is InChI=1S/C26H23FN4O2/c1-16-4-12-22(13-5-16)29-26(33)20-8-14-23(15-9-20)31-25(28-18(3)32)24(17(2)30-31)19-6-10-21(27)11-7-19/h4-15H,1-3H3,(H,28,32)(H,29,33). The van der Waals surface area contributed by atoms with Crippen molar-refractivity contribution in [2.45, 2.75) is 20.8 Å². The minimum Gasteiger partial charge on any atom is -0.322 e. The Morgan fingerprint density at radius 1 is 0.848 bits per heavy atom. The van der Waals surface area contributed by atoms with Crippen molar-refractivity contribution in [1.82, 2.24) is 9.78 Å². The van der Waals surface area contributed by atoms with Gasteiger partial charge in [-0.25, -0.2) is 9.07 Å². The van der Waals surface area contributed by atoms with Crippen LogP contribution < -0.4 is 10.6 Å². The molecule has 4 rings (SSSR count). The van der Waals surface area contributed by atoms with Crippen molar-refractivity contribution in [2.24, 2.45) is 0 Å². The van der Waals surface area contributed by atoms with Crippen molar-refractivity contribution in [2.75, 3.05) is 10.6 Å². The molecule has 33 heavy (non-hydrogen) atoms. The highest BCUT2D eigenvalue weighted by atomic mass is 19.1. The molecule has 1 heterocycles. The SMILES string of the molecule is CC(=O)Nc1c(-c2ccc(F)cc2)c(C)nn1-c1ccc(C(=O)Nc2ccc(C)cc2)cc1. The normalized spacial score (nSPS) is 10.7. The summed E-state index contributed by atoms with van der Waals surface area (Å²) in [5, 5.41) is 10.3. The third-order valence-electron chi connectivity index (χ3n) is 5.17. The minimum atomic E-state index is -0.343. The average molecular weight is 442 g/mol. The molecule has 3 aromatic carbocycles. The molecule has 0 aliphatic heterocycles. The molecule has 0 radical (unpaired) electrons. The zero-order chi connectivity index (χ0) is 23.5. The van der Waals surface area contributed by atoms with E-state index in [9.17, 15) is 14.0 Å². The van der Waals surface area contributed by atoms with Gasteiger partial charge in [0.15, 0.2) is 0 Å². The van der Waals surface area contributed by atoms with Gasteiger partial charge >= 0.3 is 0 Å². The molecule has 0 saturated heterocycles. The molecule has 0 atom stereocenters. The van der Waals surface area contributed by atoms with E-state index in [2.05, 4.69) is 15.7 Å². The Bertz CT molecular complexity index is 1310. The van der Waals surface area contributed by atoms with Crippen LogP contribution in [0.5, 0.6) is 0 Å². The van der Waals surface area contributed by atoms with Gasteiger partial charge in [-0.3, -0.25) is 9.59 Å². The van der Waals surface area contributed by atoms with Gasteiger partial charge in [0.1, 0.15) is 11.6 Å². The van der Waals surface area contributed by atoms with Gasteiger partial charge in [-0.2, -0.15) is 5.10 Å². The number of aryl methyl sites for hydroxylation is 2. The summed E-state index contributed by atoms with van der Waals surface area (Å²) >= 11 is 0. The van der Waals surface area contributed by atoms with Crippen LogP contribution in [-0.2, 0) is 4.79 Å². The number of halogens is 1. The number of carbonyl (C=O) groups is 2. The first kappa shape index (κ1) is 22.0. The topological polar surface area (TPSA) is 76.0 Å². The second-order valence-electron chi connectivity index (χ2n) is 7.78. The van der Waals surface area contributed by atoms with Gasteiger partial charge in [0, 0.05) is 23.7 Å². The van der Waals surface area contributed by atoms with E-state index in [-0.39, 0.29) is 17.6 Å². The summed E-state index contributed by atoms with van der Waals surface area (Å²) in [5.74, 6) is -0.349. The highest BCUT2D eigenvalue weighted by Gasteiger charge is 2.19. The molecule has 2 amide bonds. The van der Waals surface area contributed by atoms with Crippen LogP contribution >= 0.6 is 0 Å². The number of anilines is 2. The van der Waals surface area contributed by atoms with Crippen LogP contribution in [0.15, 0.2) is 72.8 Å². The van der Waals surface area contributed by atoms with Gasteiger partial charge in [0.05, 0.1) is 11.4 Å². The Kier molecular flexibility index (Phi) is 6.04. The third kappa shape index (κ3) is 4.82. The maximum Gasteiger partial charge on any atom is 0.255 e. The lowest BCUT2D eigenvalue weighted by Gasteiger charge is -2.11. The summed E-state index contributed by atoms with van der Waals surface area (Å²) in [5.41, 5.74) is 5.09. The molecule has 7 heteroatoms. The number of hydrogen-bond donors (Lipinski definition) is 2. The number of nitrogens with one attached hydrogen (secondary N) is 2. The first-order chi connectivity index (χ1) is 15.8. The van der Waals surface area contributed by atoms with Gasteiger partial charge in [-0.05, 0) is 67.9 Å². The van der Waals surface area contributed by atoms with E-state index in [4.69, 9.17) is 0 Å².